The number of nitrogens with two attached hydrogens (primary N) is 1. The van der Waals surface area contributed by atoms with Crippen molar-refractivity contribution in [3.63, 3.8) is 0 Å². The Morgan fingerprint density at radius 1 is 1.32 bits per heavy atom. The van der Waals surface area contributed by atoms with Crippen LogP contribution in [0.1, 0.15) is 31.2 Å². The largest absolute Gasteiger partial charge is 0.459 e. The minimum absolute atomic E-state index is 0.500. The molecule has 0 radical (unpaired) electrons. The molecule has 2 aromatic rings. The van der Waals surface area contributed by atoms with Crippen molar-refractivity contribution >= 4 is 20.8 Å². The van der Waals surface area contributed by atoms with Gasteiger partial charge in [-0.3, -0.25) is 0 Å². The molecule has 0 aliphatic rings. The van der Waals surface area contributed by atoms with Gasteiger partial charge in [-0.2, -0.15) is 0 Å². The second kappa shape index (κ2) is 4.35. The van der Waals surface area contributed by atoms with Gasteiger partial charge in [0.05, 0.1) is 10.8 Å². The van der Waals surface area contributed by atoms with Crippen molar-refractivity contribution < 1.29 is 12.8 Å². The van der Waals surface area contributed by atoms with Crippen LogP contribution in [0, 0.1) is 6.92 Å². The Morgan fingerprint density at radius 2 is 1.95 bits per heavy atom. The predicted molar refractivity (Wildman–Crippen MR) is 76.8 cm³/mol. The monoisotopic (exact) mass is 281 g/mol. The molecule has 0 saturated carbocycles. The molecular formula is C14H19NO3S. The van der Waals surface area contributed by atoms with E-state index in [4.69, 9.17) is 10.2 Å². The van der Waals surface area contributed by atoms with E-state index in [1.165, 1.54) is 6.26 Å². The molecule has 1 unspecified atom stereocenters. The molecule has 4 nitrogen and oxygen atoms in total. The highest BCUT2D eigenvalue weighted by atomic mass is 32.2. The zero-order valence-electron chi connectivity index (χ0n) is 11.6. The lowest BCUT2D eigenvalue weighted by atomic mass is 10.0. The normalized spacial score (nSPS) is 14.8. The van der Waals surface area contributed by atoms with Crippen molar-refractivity contribution in [2.45, 2.75) is 31.6 Å². The van der Waals surface area contributed by atoms with Crippen LogP contribution in [-0.2, 0) is 9.84 Å². The number of hydrogen-bond acceptors (Lipinski definition) is 4. The van der Waals surface area contributed by atoms with Gasteiger partial charge in [-0.15, -0.1) is 0 Å². The highest BCUT2D eigenvalue weighted by Gasteiger charge is 2.39. The van der Waals surface area contributed by atoms with Crippen molar-refractivity contribution in [3.8, 4) is 0 Å². The summed E-state index contributed by atoms with van der Waals surface area (Å²) in [5, 5.41) is 0.940. The van der Waals surface area contributed by atoms with Gasteiger partial charge in [0.2, 0.25) is 0 Å². The van der Waals surface area contributed by atoms with E-state index in [1.807, 2.05) is 31.2 Å². The summed E-state index contributed by atoms with van der Waals surface area (Å²) < 4.78 is 28.3. The second-order valence-electron chi connectivity index (χ2n) is 5.50. The van der Waals surface area contributed by atoms with E-state index in [9.17, 15) is 8.42 Å². The number of benzene rings is 1. The molecule has 5 heteroatoms. The first-order valence-electron chi connectivity index (χ1n) is 6.09. The van der Waals surface area contributed by atoms with E-state index in [0.717, 1.165) is 16.5 Å². The van der Waals surface area contributed by atoms with Crippen LogP contribution in [0.4, 0.5) is 0 Å². The third-order valence-corrected chi connectivity index (χ3v) is 5.94. The highest BCUT2D eigenvalue weighted by molar-refractivity contribution is 7.92. The van der Waals surface area contributed by atoms with Crippen LogP contribution in [0.2, 0.25) is 0 Å². The van der Waals surface area contributed by atoms with Gasteiger partial charge in [0, 0.05) is 11.6 Å². The maximum atomic E-state index is 11.8. The zero-order chi connectivity index (χ0) is 14.4. The lowest BCUT2D eigenvalue weighted by Crippen LogP contribution is -2.42. The summed E-state index contributed by atoms with van der Waals surface area (Å²) in [6.45, 7) is 5.18. The fraction of sp³-hybridized carbons (Fsp3) is 0.429. The van der Waals surface area contributed by atoms with E-state index in [-0.39, 0.29) is 0 Å². The topological polar surface area (TPSA) is 73.3 Å². The van der Waals surface area contributed by atoms with Gasteiger partial charge in [0.15, 0.2) is 9.84 Å². The minimum Gasteiger partial charge on any atom is -0.459 e. The molecule has 0 amide bonds. The Morgan fingerprint density at radius 3 is 2.47 bits per heavy atom. The average molecular weight is 281 g/mol. The van der Waals surface area contributed by atoms with Crippen molar-refractivity contribution in [2.24, 2.45) is 5.73 Å². The summed E-state index contributed by atoms with van der Waals surface area (Å²) in [7, 11) is -3.28. The molecule has 1 aromatic heterocycles. The van der Waals surface area contributed by atoms with Crippen LogP contribution >= 0.6 is 0 Å². The molecule has 0 bridgehead atoms. The Hall–Kier alpha value is -1.33. The summed E-state index contributed by atoms with van der Waals surface area (Å²) in [4.78, 5) is 0. The van der Waals surface area contributed by atoms with E-state index < -0.39 is 20.6 Å². The third kappa shape index (κ3) is 2.28. The molecule has 19 heavy (non-hydrogen) atoms. The van der Waals surface area contributed by atoms with E-state index in [1.54, 1.807) is 13.8 Å². The molecule has 0 spiro atoms. The van der Waals surface area contributed by atoms with E-state index in [0.29, 0.717) is 5.76 Å². The summed E-state index contributed by atoms with van der Waals surface area (Å²) in [6.07, 6.45) is 1.20. The Balaban J connectivity index is 2.54. The van der Waals surface area contributed by atoms with Crippen LogP contribution in [0.5, 0.6) is 0 Å². The number of furan rings is 1. The maximum absolute atomic E-state index is 11.8. The number of rotatable bonds is 3. The number of para-hydroxylation sites is 1. The van der Waals surface area contributed by atoms with Gasteiger partial charge in [-0.05, 0) is 32.4 Å². The fourth-order valence-electron chi connectivity index (χ4n) is 1.96. The molecule has 0 saturated heterocycles. The van der Waals surface area contributed by atoms with Gasteiger partial charge >= 0.3 is 0 Å². The van der Waals surface area contributed by atoms with Crippen LogP contribution in [-0.4, -0.2) is 19.4 Å². The van der Waals surface area contributed by atoms with Gasteiger partial charge in [-0.25, -0.2) is 8.42 Å². The van der Waals surface area contributed by atoms with Gasteiger partial charge in [-0.1, -0.05) is 18.2 Å². The molecule has 0 aliphatic heterocycles. The third-order valence-electron chi connectivity index (χ3n) is 3.77. The molecule has 0 fully saturated rings. The van der Waals surface area contributed by atoms with Crippen LogP contribution in [0.3, 0.4) is 0 Å². The molecular weight excluding hydrogens is 262 g/mol. The predicted octanol–water partition coefficient (Wildman–Crippen LogP) is 2.56. The van der Waals surface area contributed by atoms with Gasteiger partial charge in [0.25, 0.3) is 0 Å². The van der Waals surface area contributed by atoms with Crippen molar-refractivity contribution in [3.05, 3.63) is 35.6 Å². The van der Waals surface area contributed by atoms with Crippen LogP contribution in [0.25, 0.3) is 11.0 Å². The first-order chi connectivity index (χ1) is 8.64. The maximum Gasteiger partial charge on any atom is 0.154 e. The summed E-state index contributed by atoms with van der Waals surface area (Å²) in [5.41, 5.74) is 7.87. The SMILES string of the molecule is Cc1cccc2cc(C(N)C(C)(C)S(C)(=O)=O)oc12. The average Bonchev–Trinajstić information content (AvgIpc) is 2.71. The zero-order valence-corrected chi connectivity index (χ0v) is 12.4. The number of hydrogen-bond donors (Lipinski definition) is 1. The van der Waals surface area contributed by atoms with Gasteiger partial charge in [0.1, 0.15) is 11.3 Å². The van der Waals surface area contributed by atoms with E-state index in [2.05, 4.69) is 0 Å². The highest BCUT2D eigenvalue weighted by Crippen LogP contribution is 2.34. The number of aryl methyl sites for hydroxylation is 1. The molecule has 1 heterocycles. The van der Waals surface area contributed by atoms with E-state index >= 15 is 0 Å². The Labute approximate surface area is 113 Å². The van der Waals surface area contributed by atoms with Crippen molar-refractivity contribution in [2.75, 3.05) is 6.26 Å². The van der Waals surface area contributed by atoms with Crippen LogP contribution in [0.15, 0.2) is 28.7 Å². The van der Waals surface area contributed by atoms with Crippen molar-refractivity contribution in [1.29, 1.82) is 0 Å². The number of fused-ring (bicyclic) bond motifs is 1. The molecule has 0 aliphatic carbocycles. The molecule has 104 valence electrons. The smallest absolute Gasteiger partial charge is 0.154 e. The minimum atomic E-state index is -3.28. The summed E-state index contributed by atoms with van der Waals surface area (Å²) in [6, 6.07) is 6.93. The Bertz CT molecular complexity index is 713. The molecule has 1 aromatic carbocycles. The number of sulfone groups is 1. The van der Waals surface area contributed by atoms with Crippen LogP contribution < -0.4 is 5.73 Å². The van der Waals surface area contributed by atoms with Crippen molar-refractivity contribution in [1.82, 2.24) is 0 Å². The first kappa shape index (κ1) is 14.1. The standard InChI is InChI=1S/C14H19NO3S/c1-9-6-5-7-10-8-11(18-12(9)10)13(15)14(2,3)19(4,16)17/h5-8,13H,15H2,1-4H3. The summed E-state index contributed by atoms with van der Waals surface area (Å²) in [5.74, 6) is 0.500. The molecule has 1 atom stereocenters. The molecule has 2 rings (SSSR count). The fourth-order valence-corrected chi connectivity index (χ4v) is 2.53. The second-order valence-corrected chi connectivity index (χ2v) is 8.09. The summed E-state index contributed by atoms with van der Waals surface area (Å²) >= 11 is 0. The quantitative estimate of drug-likeness (QED) is 0.938. The first-order valence-corrected chi connectivity index (χ1v) is 7.98. The molecule has 2 N–H and O–H groups in total. The lowest BCUT2D eigenvalue weighted by molar-refractivity contribution is 0.423. The van der Waals surface area contributed by atoms with Gasteiger partial charge < -0.3 is 10.2 Å². The lowest BCUT2D eigenvalue weighted by Gasteiger charge is -2.27. The Kier molecular flexibility index (Phi) is 3.23.